The van der Waals surface area contributed by atoms with Gasteiger partial charge in [-0.25, -0.2) is 9.97 Å². The van der Waals surface area contributed by atoms with Crippen molar-refractivity contribution in [3.63, 3.8) is 0 Å². The third-order valence-corrected chi connectivity index (χ3v) is 5.13. The molecule has 1 fully saturated rings. The summed E-state index contributed by atoms with van der Waals surface area (Å²) >= 11 is 1.55. The largest absolute Gasteiger partial charge is 0.384 e. The molecule has 0 aromatic carbocycles. The Morgan fingerprint density at radius 3 is 3.04 bits per heavy atom. The van der Waals surface area contributed by atoms with Gasteiger partial charge in [0, 0.05) is 43.9 Å². The Hall–Kier alpha value is -2.06. The molecule has 0 saturated carbocycles. The predicted molar refractivity (Wildman–Crippen MR) is 97.2 cm³/mol. The number of nitrogens with one attached hydrogen (secondary N) is 1. The number of thiazole rings is 1. The van der Waals surface area contributed by atoms with Crippen LogP contribution in [0.5, 0.6) is 0 Å². The van der Waals surface area contributed by atoms with Crippen molar-refractivity contribution in [2.45, 2.75) is 32.1 Å². The number of carbonyl (C=O) groups is 1. The molecule has 1 aliphatic heterocycles. The number of aryl methyl sites for hydroxylation is 1. The molecule has 1 atom stereocenters. The molecule has 3 rings (SSSR count). The van der Waals surface area contributed by atoms with Gasteiger partial charge in [0.2, 0.25) is 5.91 Å². The van der Waals surface area contributed by atoms with E-state index < -0.39 is 0 Å². The second-order valence-corrected chi connectivity index (χ2v) is 6.99. The lowest BCUT2D eigenvalue weighted by Gasteiger charge is -2.33. The van der Waals surface area contributed by atoms with Crippen LogP contribution in [-0.4, -0.2) is 52.6 Å². The Balaban J connectivity index is 1.73. The molecule has 1 N–H and O–H groups in total. The van der Waals surface area contributed by atoms with Crippen molar-refractivity contribution in [2.75, 3.05) is 32.1 Å². The molecule has 0 bridgehead atoms. The molecule has 1 amide bonds. The van der Waals surface area contributed by atoms with Crippen molar-refractivity contribution in [3.8, 4) is 0 Å². The van der Waals surface area contributed by atoms with Crippen LogP contribution < -0.4 is 5.32 Å². The molecule has 1 saturated heterocycles. The molecule has 8 heteroatoms. The van der Waals surface area contributed by atoms with Crippen molar-refractivity contribution in [3.05, 3.63) is 29.2 Å². The Morgan fingerprint density at radius 2 is 2.28 bits per heavy atom. The third kappa shape index (κ3) is 4.52. The van der Waals surface area contributed by atoms with Crippen LogP contribution in [0.25, 0.3) is 0 Å². The summed E-state index contributed by atoms with van der Waals surface area (Å²) in [4.78, 5) is 27.6. The van der Waals surface area contributed by atoms with Gasteiger partial charge >= 0.3 is 0 Å². The molecule has 1 aliphatic rings. The summed E-state index contributed by atoms with van der Waals surface area (Å²) in [5.41, 5.74) is 1.88. The minimum atomic E-state index is 0.139. The van der Waals surface area contributed by atoms with Crippen LogP contribution in [0.2, 0.25) is 0 Å². The Labute approximate surface area is 151 Å². The first kappa shape index (κ1) is 17.8. The van der Waals surface area contributed by atoms with Gasteiger partial charge in [-0.1, -0.05) is 0 Å². The first-order valence-electron chi connectivity index (χ1n) is 8.44. The molecule has 2 aromatic rings. The maximum Gasteiger partial charge on any atom is 0.224 e. The van der Waals surface area contributed by atoms with E-state index in [1.54, 1.807) is 30.8 Å². The van der Waals surface area contributed by atoms with Gasteiger partial charge in [-0.05, 0) is 19.8 Å². The van der Waals surface area contributed by atoms with E-state index in [2.05, 4.69) is 20.3 Å². The molecule has 3 heterocycles. The number of carbonyl (C=O) groups excluding carboxylic acids is 1. The monoisotopic (exact) mass is 361 g/mol. The van der Waals surface area contributed by atoms with Crippen molar-refractivity contribution in [1.29, 1.82) is 0 Å². The number of nitrogens with zero attached hydrogens (tertiary/aromatic N) is 4. The van der Waals surface area contributed by atoms with Crippen LogP contribution in [0, 0.1) is 6.92 Å². The average molecular weight is 361 g/mol. The minimum absolute atomic E-state index is 0.139. The number of methoxy groups -OCH3 is 1. The molecular weight excluding hydrogens is 338 g/mol. The van der Waals surface area contributed by atoms with Crippen LogP contribution in [0.1, 0.15) is 36.6 Å². The fourth-order valence-corrected chi connectivity index (χ4v) is 3.72. The zero-order valence-corrected chi connectivity index (χ0v) is 15.4. The summed E-state index contributed by atoms with van der Waals surface area (Å²) < 4.78 is 5.02. The molecule has 0 radical (unpaired) electrons. The number of hydrogen-bond donors (Lipinski definition) is 1. The minimum Gasteiger partial charge on any atom is -0.384 e. The summed E-state index contributed by atoms with van der Waals surface area (Å²) in [6.45, 7) is 3.89. The first-order chi connectivity index (χ1) is 12.2. The van der Waals surface area contributed by atoms with Crippen LogP contribution in [0.3, 0.4) is 0 Å². The molecule has 0 unspecified atom stereocenters. The summed E-state index contributed by atoms with van der Waals surface area (Å²) in [5, 5.41) is 6.08. The summed E-state index contributed by atoms with van der Waals surface area (Å²) in [5.74, 6) is 1.05. The van der Waals surface area contributed by atoms with Gasteiger partial charge in [-0.2, -0.15) is 0 Å². The van der Waals surface area contributed by atoms with E-state index in [0.717, 1.165) is 41.7 Å². The van der Waals surface area contributed by atoms with E-state index in [0.29, 0.717) is 19.6 Å². The topological polar surface area (TPSA) is 80.2 Å². The number of piperidine rings is 1. The van der Waals surface area contributed by atoms with E-state index in [-0.39, 0.29) is 11.8 Å². The lowest BCUT2D eigenvalue weighted by molar-refractivity contribution is -0.133. The van der Waals surface area contributed by atoms with Gasteiger partial charge < -0.3 is 15.0 Å². The highest BCUT2D eigenvalue weighted by atomic mass is 32.1. The van der Waals surface area contributed by atoms with Gasteiger partial charge in [0.05, 0.1) is 24.4 Å². The highest BCUT2D eigenvalue weighted by Crippen LogP contribution is 2.31. The summed E-state index contributed by atoms with van der Waals surface area (Å²) in [7, 11) is 1.62. The van der Waals surface area contributed by atoms with Gasteiger partial charge in [0.25, 0.3) is 0 Å². The molecule has 0 aliphatic carbocycles. The number of ether oxygens (including phenoxy) is 1. The van der Waals surface area contributed by atoms with Crippen molar-refractivity contribution >= 4 is 28.2 Å². The molecule has 134 valence electrons. The van der Waals surface area contributed by atoms with E-state index >= 15 is 0 Å². The van der Waals surface area contributed by atoms with E-state index in [9.17, 15) is 4.79 Å². The zero-order chi connectivity index (χ0) is 17.6. The molecule has 0 spiro atoms. The Morgan fingerprint density at radius 1 is 1.44 bits per heavy atom. The predicted octanol–water partition coefficient (Wildman–Crippen LogP) is 2.73. The lowest BCUT2D eigenvalue weighted by Crippen LogP contribution is -2.39. The Kier molecular flexibility index (Phi) is 5.93. The third-order valence-electron chi connectivity index (χ3n) is 4.25. The number of likely N-dealkylation sites (tertiary alicyclic amines) is 1. The van der Waals surface area contributed by atoms with Crippen LogP contribution in [0.4, 0.5) is 10.9 Å². The molecule has 25 heavy (non-hydrogen) atoms. The van der Waals surface area contributed by atoms with Gasteiger partial charge in [0.15, 0.2) is 10.9 Å². The fraction of sp³-hybridized carbons (Fsp3) is 0.529. The van der Waals surface area contributed by atoms with Crippen LogP contribution in [-0.2, 0) is 9.53 Å². The van der Waals surface area contributed by atoms with Gasteiger partial charge in [-0.3, -0.25) is 9.78 Å². The van der Waals surface area contributed by atoms with Crippen LogP contribution in [0.15, 0.2) is 17.8 Å². The van der Waals surface area contributed by atoms with E-state index in [1.807, 2.05) is 17.2 Å². The van der Waals surface area contributed by atoms with E-state index in [1.165, 1.54) is 0 Å². The van der Waals surface area contributed by atoms with Gasteiger partial charge in [0.1, 0.15) is 0 Å². The number of hydrogen-bond acceptors (Lipinski definition) is 7. The highest BCUT2D eigenvalue weighted by molar-refractivity contribution is 7.13. The quantitative estimate of drug-likeness (QED) is 0.852. The second-order valence-electron chi connectivity index (χ2n) is 6.13. The number of anilines is 2. The van der Waals surface area contributed by atoms with Crippen molar-refractivity contribution < 1.29 is 9.53 Å². The smallest absolute Gasteiger partial charge is 0.224 e. The average Bonchev–Trinajstić information content (AvgIpc) is 3.05. The number of amides is 1. The lowest BCUT2D eigenvalue weighted by atomic mass is 9.94. The highest BCUT2D eigenvalue weighted by Gasteiger charge is 2.27. The Bertz CT molecular complexity index is 721. The maximum absolute atomic E-state index is 12.3. The SMILES string of the molecule is COCCC(=O)N1CCC[C@H](c2nccnc2Nc2nc(C)cs2)C1. The van der Waals surface area contributed by atoms with Crippen LogP contribution >= 0.6 is 11.3 Å². The second kappa shape index (κ2) is 8.35. The van der Waals surface area contributed by atoms with E-state index in [4.69, 9.17) is 4.74 Å². The first-order valence-corrected chi connectivity index (χ1v) is 9.32. The molecule has 7 nitrogen and oxygen atoms in total. The normalized spacial score (nSPS) is 17.5. The maximum atomic E-state index is 12.3. The van der Waals surface area contributed by atoms with Crippen molar-refractivity contribution in [1.82, 2.24) is 19.9 Å². The zero-order valence-electron chi connectivity index (χ0n) is 14.6. The number of rotatable bonds is 6. The summed E-state index contributed by atoms with van der Waals surface area (Å²) in [6.07, 6.45) is 5.78. The van der Waals surface area contributed by atoms with Crippen molar-refractivity contribution in [2.24, 2.45) is 0 Å². The van der Waals surface area contributed by atoms with Gasteiger partial charge in [-0.15, -0.1) is 11.3 Å². The summed E-state index contributed by atoms with van der Waals surface area (Å²) in [6, 6.07) is 0. The standard InChI is InChI=1S/C17H23N5O2S/c1-12-11-25-17(20-12)21-16-15(18-6-7-19-16)13-4-3-8-22(10-13)14(23)5-9-24-2/h6-7,11,13H,3-5,8-10H2,1-2H3,(H,19,20,21)/t13-/m0/s1. The molecular formula is C17H23N5O2S. The fourth-order valence-electron chi connectivity index (χ4n) is 3.03. The number of aromatic nitrogens is 3. The molecule has 2 aromatic heterocycles.